The van der Waals surface area contributed by atoms with Crippen molar-refractivity contribution in [3.8, 4) is 5.75 Å². The van der Waals surface area contributed by atoms with Gasteiger partial charge in [0.15, 0.2) is 0 Å². The first-order valence-corrected chi connectivity index (χ1v) is 10.4. The van der Waals surface area contributed by atoms with Crippen LogP contribution in [0.25, 0.3) is 10.9 Å². The maximum atomic E-state index is 12.5. The summed E-state index contributed by atoms with van der Waals surface area (Å²) in [6.45, 7) is 1.42. The maximum absolute atomic E-state index is 12.5. The third kappa shape index (κ3) is 4.72. The van der Waals surface area contributed by atoms with Gasteiger partial charge in [-0.2, -0.15) is 5.10 Å². The van der Waals surface area contributed by atoms with Gasteiger partial charge in [0.2, 0.25) is 21.4 Å². The van der Waals surface area contributed by atoms with Crippen LogP contribution >= 0.6 is 0 Å². The van der Waals surface area contributed by atoms with E-state index >= 15 is 0 Å². The summed E-state index contributed by atoms with van der Waals surface area (Å²) < 4.78 is 32.6. The van der Waals surface area contributed by atoms with Crippen LogP contribution in [0.2, 0.25) is 0 Å². The van der Waals surface area contributed by atoms with Crippen LogP contribution in [-0.2, 0) is 21.4 Å². The molecule has 1 heterocycles. The molecule has 0 unspecified atom stereocenters. The quantitative estimate of drug-likeness (QED) is 0.606. The molecular weight excluding hydrogens is 396 g/mol. The minimum absolute atomic E-state index is 0.0744. The lowest BCUT2D eigenvalue weighted by Crippen LogP contribution is -2.22. The van der Waals surface area contributed by atoms with Crippen LogP contribution in [0.3, 0.4) is 0 Å². The third-order valence-corrected chi connectivity index (χ3v) is 5.48. The first kappa shape index (κ1) is 20.3. The summed E-state index contributed by atoms with van der Waals surface area (Å²) in [7, 11) is -2.06. The number of sulfonamides is 1. The maximum Gasteiger partial charge on any atom is 0.246 e. The standard InChI is InChI=1S/C19H20N4O5S/c1-3-29(26,27)22-15-9-8-13(10-18(15)28-2)21-19(25)12-23-16-7-5-4-6-14(16)17(24)11-20-23/h4-11,22H,3,12H2,1-2H3,(H,21,25). The Morgan fingerprint density at radius 2 is 1.97 bits per heavy atom. The number of nitrogens with zero attached hydrogens (tertiary/aromatic N) is 2. The van der Waals surface area contributed by atoms with Crippen molar-refractivity contribution in [1.82, 2.24) is 9.78 Å². The fraction of sp³-hybridized carbons (Fsp3) is 0.211. The van der Waals surface area contributed by atoms with E-state index in [4.69, 9.17) is 4.74 Å². The fourth-order valence-electron chi connectivity index (χ4n) is 2.72. The number of amides is 1. The van der Waals surface area contributed by atoms with Crippen LogP contribution in [0.1, 0.15) is 6.92 Å². The van der Waals surface area contributed by atoms with Gasteiger partial charge in [0, 0.05) is 17.1 Å². The highest BCUT2D eigenvalue weighted by atomic mass is 32.2. The van der Waals surface area contributed by atoms with Gasteiger partial charge in [-0.3, -0.25) is 19.0 Å². The Kier molecular flexibility index (Phi) is 5.83. The van der Waals surface area contributed by atoms with Gasteiger partial charge in [0.25, 0.3) is 0 Å². The second kappa shape index (κ2) is 8.31. The Hall–Kier alpha value is -3.40. The molecule has 0 aliphatic rings. The number of aromatic nitrogens is 2. The second-order valence-corrected chi connectivity index (χ2v) is 8.16. The molecule has 0 saturated carbocycles. The largest absolute Gasteiger partial charge is 0.494 e. The van der Waals surface area contributed by atoms with Crippen LogP contribution in [0.15, 0.2) is 53.5 Å². The zero-order chi connectivity index (χ0) is 21.0. The van der Waals surface area contributed by atoms with Gasteiger partial charge in [-0.05, 0) is 31.2 Å². The Morgan fingerprint density at radius 1 is 1.21 bits per heavy atom. The minimum atomic E-state index is -3.46. The van der Waals surface area contributed by atoms with Gasteiger partial charge in [-0.15, -0.1) is 0 Å². The van der Waals surface area contributed by atoms with Crippen LogP contribution in [-0.4, -0.2) is 37.0 Å². The number of hydrogen-bond acceptors (Lipinski definition) is 6. The molecule has 9 nitrogen and oxygen atoms in total. The van der Waals surface area contributed by atoms with Crippen LogP contribution in [0.4, 0.5) is 11.4 Å². The monoisotopic (exact) mass is 416 g/mol. The highest BCUT2D eigenvalue weighted by Gasteiger charge is 2.13. The Labute approximate surface area is 167 Å². The lowest BCUT2D eigenvalue weighted by molar-refractivity contribution is -0.116. The van der Waals surface area contributed by atoms with Crippen LogP contribution < -0.4 is 20.2 Å². The lowest BCUT2D eigenvalue weighted by Gasteiger charge is -2.14. The van der Waals surface area contributed by atoms with Gasteiger partial charge in [-0.1, -0.05) is 12.1 Å². The molecular formula is C19H20N4O5S. The van der Waals surface area contributed by atoms with Gasteiger partial charge in [0.1, 0.15) is 12.3 Å². The number of carbonyl (C=O) groups excluding carboxylic acids is 1. The average Bonchev–Trinajstić information content (AvgIpc) is 2.71. The van der Waals surface area contributed by atoms with Crippen molar-refractivity contribution in [1.29, 1.82) is 0 Å². The summed E-state index contributed by atoms with van der Waals surface area (Å²) in [5, 5.41) is 7.22. The molecule has 10 heteroatoms. The molecule has 152 valence electrons. The van der Waals surface area contributed by atoms with E-state index in [1.807, 2.05) is 0 Å². The summed E-state index contributed by atoms with van der Waals surface area (Å²) in [6.07, 6.45) is 1.17. The molecule has 2 aromatic carbocycles. The van der Waals surface area contributed by atoms with Gasteiger partial charge < -0.3 is 10.1 Å². The predicted octanol–water partition coefficient (Wildman–Crippen LogP) is 1.81. The Bertz CT molecular complexity index is 1220. The molecule has 0 spiro atoms. The number of anilines is 2. The van der Waals surface area contributed by atoms with Crippen molar-refractivity contribution in [2.45, 2.75) is 13.5 Å². The van der Waals surface area contributed by atoms with Crippen molar-refractivity contribution in [2.24, 2.45) is 0 Å². The van der Waals surface area contributed by atoms with E-state index in [0.717, 1.165) is 0 Å². The van der Waals surface area contributed by atoms with E-state index in [-0.39, 0.29) is 35.1 Å². The SMILES string of the molecule is CCS(=O)(=O)Nc1ccc(NC(=O)Cn2ncc(=O)c3ccccc32)cc1OC. The molecule has 29 heavy (non-hydrogen) atoms. The molecule has 3 aromatic rings. The molecule has 0 bridgehead atoms. The summed E-state index contributed by atoms with van der Waals surface area (Å²) >= 11 is 0. The summed E-state index contributed by atoms with van der Waals surface area (Å²) in [5.41, 5.74) is 1.04. The molecule has 3 rings (SSSR count). The molecule has 2 N–H and O–H groups in total. The van der Waals surface area contributed by atoms with Crippen molar-refractivity contribution < 1.29 is 17.9 Å². The van der Waals surface area contributed by atoms with Crippen molar-refractivity contribution in [3.05, 3.63) is 58.9 Å². The number of benzene rings is 2. The van der Waals surface area contributed by atoms with Crippen LogP contribution in [0, 0.1) is 0 Å². The average molecular weight is 416 g/mol. The molecule has 0 aliphatic carbocycles. The molecule has 0 saturated heterocycles. The number of para-hydroxylation sites is 1. The van der Waals surface area contributed by atoms with Gasteiger partial charge >= 0.3 is 0 Å². The second-order valence-electron chi connectivity index (χ2n) is 6.15. The molecule has 0 radical (unpaired) electrons. The molecule has 1 aromatic heterocycles. The summed E-state index contributed by atoms with van der Waals surface area (Å²) in [4.78, 5) is 24.4. The van der Waals surface area contributed by atoms with Crippen molar-refractivity contribution in [3.63, 3.8) is 0 Å². The highest BCUT2D eigenvalue weighted by molar-refractivity contribution is 7.92. The van der Waals surface area contributed by atoms with Crippen molar-refractivity contribution >= 4 is 38.2 Å². The fourth-order valence-corrected chi connectivity index (χ4v) is 3.36. The number of nitrogens with one attached hydrogen (secondary N) is 2. The number of ether oxygens (including phenoxy) is 1. The zero-order valence-corrected chi connectivity index (χ0v) is 16.7. The van der Waals surface area contributed by atoms with E-state index in [2.05, 4.69) is 15.1 Å². The summed E-state index contributed by atoms with van der Waals surface area (Å²) in [5.74, 6) is -0.170. The number of methoxy groups -OCH3 is 1. The topological polar surface area (TPSA) is 119 Å². The van der Waals surface area contributed by atoms with Gasteiger partial charge in [0.05, 0.1) is 30.3 Å². The zero-order valence-electron chi connectivity index (χ0n) is 15.9. The van der Waals surface area contributed by atoms with E-state index in [0.29, 0.717) is 16.6 Å². The predicted molar refractivity (Wildman–Crippen MR) is 111 cm³/mol. The molecule has 0 atom stereocenters. The minimum Gasteiger partial charge on any atom is -0.494 e. The number of hydrogen-bond donors (Lipinski definition) is 2. The van der Waals surface area contributed by atoms with E-state index in [9.17, 15) is 18.0 Å². The number of fused-ring (bicyclic) bond motifs is 1. The lowest BCUT2D eigenvalue weighted by atomic mass is 10.2. The number of rotatable bonds is 7. The number of carbonyl (C=O) groups is 1. The molecule has 1 amide bonds. The van der Waals surface area contributed by atoms with E-state index in [1.54, 1.807) is 30.3 Å². The first-order valence-electron chi connectivity index (χ1n) is 8.76. The normalized spacial score (nSPS) is 11.2. The third-order valence-electron chi connectivity index (χ3n) is 4.19. The molecule has 0 fully saturated rings. The smallest absolute Gasteiger partial charge is 0.246 e. The van der Waals surface area contributed by atoms with E-state index < -0.39 is 10.0 Å². The first-order chi connectivity index (χ1) is 13.8. The highest BCUT2D eigenvalue weighted by Crippen LogP contribution is 2.28. The summed E-state index contributed by atoms with van der Waals surface area (Å²) in [6, 6.07) is 11.5. The van der Waals surface area contributed by atoms with Crippen LogP contribution in [0.5, 0.6) is 5.75 Å². The molecule has 0 aliphatic heterocycles. The Morgan fingerprint density at radius 3 is 2.69 bits per heavy atom. The van der Waals surface area contributed by atoms with Crippen molar-refractivity contribution in [2.75, 3.05) is 22.9 Å². The van der Waals surface area contributed by atoms with Gasteiger partial charge in [-0.25, -0.2) is 8.42 Å². The van der Waals surface area contributed by atoms with E-state index in [1.165, 1.54) is 37.0 Å². The Balaban J connectivity index is 1.79.